The summed E-state index contributed by atoms with van der Waals surface area (Å²) in [7, 11) is 0. The number of aromatic amines is 1. The Morgan fingerprint density at radius 1 is 1.11 bits per heavy atom. The lowest BCUT2D eigenvalue weighted by Crippen LogP contribution is -2.25. The van der Waals surface area contributed by atoms with Gasteiger partial charge in [0.05, 0.1) is 18.8 Å². The minimum Gasteiger partial charge on any atom is -0.494 e. The second-order valence-corrected chi connectivity index (χ2v) is 9.29. The number of ether oxygens (including phenoxy) is 1. The van der Waals surface area contributed by atoms with Crippen molar-refractivity contribution in [3.63, 3.8) is 0 Å². The number of carbonyl (C=O) groups excluding carboxylic acids is 1. The van der Waals surface area contributed by atoms with Crippen molar-refractivity contribution in [2.75, 3.05) is 11.9 Å². The minimum atomic E-state index is -0.458. The molecule has 0 atom stereocenters. The van der Waals surface area contributed by atoms with E-state index in [4.69, 9.17) is 4.74 Å². The Labute approximate surface area is 210 Å². The molecule has 1 aliphatic rings. The van der Waals surface area contributed by atoms with Gasteiger partial charge in [0.25, 0.3) is 11.5 Å². The summed E-state index contributed by atoms with van der Waals surface area (Å²) in [6, 6.07) is 17.3. The number of nitrogens with one attached hydrogen (secondary N) is 2. The average molecular weight is 483 g/mol. The molecule has 1 amide bonds. The fourth-order valence-corrected chi connectivity index (χ4v) is 4.08. The molecule has 5 rings (SSSR count). The molecule has 7 nitrogen and oxygen atoms in total. The van der Waals surface area contributed by atoms with E-state index in [2.05, 4.69) is 22.3 Å². The number of nitrogens with zero attached hydrogens (tertiary/aromatic N) is 2. The Kier molecular flexibility index (Phi) is 6.71. The number of amides is 1. The Balaban J connectivity index is 1.51. The highest BCUT2D eigenvalue weighted by molar-refractivity contribution is 6.08. The zero-order valence-corrected chi connectivity index (χ0v) is 20.6. The van der Waals surface area contributed by atoms with Gasteiger partial charge in [0.1, 0.15) is 11.3 Å². The zero-order valence-electron chi connectivity index (χ0n) is 20.6. The van der Waals surface area contributed by atoms with E-state index in [-0.39, 0.29) is 5.56 Å². The van der Waals surface area contributed by atoms with Crippen LogP contribution in [0.25, 0.3) is 22.4 Å². The number of rotatable bonds is 9. The van der Waals surface area contributed by atoms with Crippen molar-refractivity contribution in [3.8, 4) is 28.1 Å². The summed E-state index contributed by atoms with van der Waals surface area (Å²) in [4.78, 5) is 29.5. The molecule has 0 aliphatic heterocycles. The predicted molar refractivity (Wildman–Crippen MR) is 142 cm³/mol. The maximum atomic E-state index is 13.3. The zero-order chi connectivity index (χ0) is 25.1. The maximum absolute atomic E-state index is 13.3. The number of aromatic nitrogens is 3. The molecule has 1 aliphatic carbocycles. The quantitative estimate of drug-likeness (QED) is 0.287. The lowest BCUT2D eigenvalue weighted by Gasteiger charge is -2.12. The van der Waals surface area contributed by atoms with Gasteiger partial charge in [0.2, 0.25) is 0 Å². The third-order valence-electron chi connectivity index (χ3n) is 6.34. The lowest BCUT2D eigenvalue weighted by molar-refractivity contribution is 0.102. The SMILES string of the molecule is CCCCOc1ccc(-c2cc(-c3cnn(C4CC4)c3)c(C(=O)Nc3ccc(C)cc3)c(=O)[nH]2)cc1. The summed E-state index contributed by atoms with van der Waals surface area (Å²) in [5.74, 6) is 0.329. The van der Waals surface area contributed by atoms with Gasteiger partial charge in [0.15, 0.2) is 0 Å². The van der Waals surface area contributed by atoms with Crippen LogP contribution in [-0.4, -0.2) is 27.3 Å². The summed E-state index contributed by atoms with van der Waals surface area (Å²) in [5.41, 5.74) is 4.08. The number of unbranched alkanes of at least 4 members (excludes halogenated alkanes) is 1. The molecule has 1 fully saturated rings. The molecule has 0 saturated heterocycles. The molecular weight excluding hydrogens is 452 g/mol. The van der Waals surface area contributed by atoms with Gasteiger partial charge in [0, 0.05) is 28.7 Å². The van der Waals surface area contributed by atoms with Crippen molar-refractivity contribution in [1.29, 1.82) is 0 Å². The van der Waals surface area contributed by atoms with Crippen LogP contribution >= 0.6 is 0 Å². The van der Waals surface area contributed by atoms with Gasteiger partial charge in [-0.1, -0.05) is 31.0 Å². The largest absolute Gasteiger partial charge is 0.494 e. The van der Waals surface area contributed by atoms with E-state index in [1.54, 1.807) is 6.20 Å². The van der Waals surface area contributed by atoms with Crippen molar-refractivity contribution in [2.24, 2.45) is 0 Å². The monoisotopic (exact) mass is 482 g/mol. The summed E-state index contributed by atoms with van der Waals surface area (Å²) < 4.78 is 7.68. The van der Waals surface area contributed by atoms with E-state index in [1.807, 2.05) is 72.4 Å². The molecule has 0 bridgehead atoms. The highest BCUT2D eigenvalue weighted by Crippen LogP contribution is 2.36. The van der Waals surface area contributed by atoms with E-state index in [0.717, 1.165) is 48.1 Å². The van der Waals surface area contributed by atoms with Crippen LogP contribution in [0.2, 0.25) is 0 Å². The first-order valence-corrected chi connectivity index (χ1v) is 12.4. The Morgan fingerprint density at radius 3 is 2.56 bits per heavy atom. The Morgan fingerprint density at radius 2 is 1.86 bits per heavy atom. The molecule has 0 unspecified atom stereocenters. The fourth-order valence-electron chi connectivity index (χ4n) is 4.08. The average Bonchev–Trinajstić information content (AvgIpc) is 3.62. The molecule has 0 radical (unpaired) electrons. The van der Waals surface area contributed by atoms with E-state index in [1.165, 1.54) is 0 Å². The Bertz CT molecular complexity index is 1410. The molecule has 2 aromatic heterocycles. The van der Waals surface area contributed by atoms with E-state index >= 15 is 0 Å². The van der Waals surface area contributed by atoms with Crippen molar-refractivity contribution >= 4 is 11.6 Å². The summed E-state index contributed by atoms with van der Waals surface area (Å²) in [6.07, 6.45) is 7.90. The number of H-pyrrole nitrogens is 1. The van der Waals surface area contributed by atoms with Gasteiger partial charge >= 0.3 is 0 Å². The summed E-state index contributed by atoms with van der Waals surface area (Å²) >= 11 is 0. The van der Waals surface area contributed by atoms with E-state index in [9.17, 15) is 9.59 Å². The topological polar surface area (TPSA) is 89.0 Å². The number of pyridine rings is 1. The predicted octanol–water partition coefficient (Wildman–Crippen LogP) is 5.98. The van der Waals surface area contributed by atoms with Crippen LogP contribution in [0.4, 0.5) is 5.69 Å². The molecule has 2 aromatic carbocycles. The van der Waals surface area contributed by atoms with Gasteiger partial charge in [-0.05, 0) is 74.2 Å². The molecule has 2 heterocycles. The number of anilines is 1. The van der Waals surface area contributed by atoms with Crippen LogP contribution in [0.3, 0.4) is 0 Å². The van der Waals surface area contributed by atoms with Gasteiger partial charge in [-0.3, -0.25) is 14.3 Å². The minimum absolute atomic E-state index is 0.0641. The van der Waals surface area contributed by atoms with Gasteiger partial charge in [-0.2, -0.15) is 5.10 Å². The van der Waals surface area contributed by atoms with E-state index in [0.29, 0.717) is 29.6 Å². The fraction of sp³-hybridized carbons (Fsp3) is 0.276. The van der Waals surface area contributed by atoms with Crippen LogP contribution in [0.15, 0.2) is 71.8 Å². The molecule has 184 valence electrons. The maximum Gasteiger partial charge on any atom is 0.261 e. The number of benzene rings is 2. The van der Waals surface area contributed by atoms with Gasteiger partial charge < -0.3 is 15.0 Å². The molecular formula is C29H30N4O3. The second-order valence-electron chi connectivity index (χ2n) is 9.29. The summed E-state index contributed by atoms with van der Waals surface area (Å²) in [5, 5.41) is 7.35. The van der Waals surface area contributed by atoms with E-state index < -0.39 is 11.5 Å². The van der Waals surface area contributed by atoms with Crippen LogP contribution in [0.1, 0.15) is 54.6 Å². The molecule has 0 spiro atoms. The van der Waals surface area contributed by atoms with Crippen molar-refractivity contribution in [3.05, 3.63) is 88.5 Å². The van der Waals surface area contributed by atoms with Crippen LogP contribution in [0.5, 0.6) is 5.75 Å². The molecule has 2 N–H and O–H groups in total. The second kappa shape index (κ2) is 10.2. The highest BCUT2D eigenvalue weighted by atomic mass is 16.5. The van der Waals surface area contributed by atoms with Crippen LogP contribution in [-0.2, 0) is 0 Å². The van der Waals surface area contributed by atoms with Crippen LogP contribution < -0.4 is 15.6 Å². The number of carbonyl (C=O) groups is 1. The number of aryl methyl sites for hydroxylation is 1. The summed E-state index contributed by atoms with van der Waals surface area (Å²) in [6.45, 7) is 4.78. The van der Waals surface area contributed by atoms with Gasteiger partial charge in [-0.25, -0.2) is 0 Å². The van der Waals surface area contributed by atoms with Crippen LogP contribution in [0, 0.1) is 6.92 Å². The number of hydrogen-bond donors (Lipinski definition) is 2. The Hall–Kier alpha value is -4.13. The first kappa shape index (κ1) is 23.6. The first-order valence-electron chi connectivity index (χ1n) is 12.4. The van der Waals surface area contributed by atoms with Crippen molar-refractivity contribution in [1.82, 2.24) is 14.8 Å². The first-order chi connectivity index (χ1) is 17.5. The van der Waals surface area contributed by atoms with Crippen molar-refractivity contribution < 1.29 is 9.53 Å². The number of hydrogen-bond acceptors (Lipinski definition) is 4. The normalized spacial score (nSPS) is 12.9. The lowest BCUT2D eigenvalue weighted by atomic mass is 10.00. The van der Waals surface area contributed by atoms with Crippen molar-refractivity contribution in [2.45, 2.75) is 45.6 Å². The smallest absolute Gasteiger partial charge is 0.261 e. The molecule has 1 saturated carbocycles. The standard InChI is InChI=1S/C29H30N4O3/c1-3-4-15-36-24-13-7-20(8-14-24)26-16-25(21-17-30-33(18-21)23-11-12-23)27(29(35)32-26)28(34)31-22-9-5-19(2)6-10-22/h5-10,13-14,16-18,23H,3-4,11-12,15H2,1-2H3,(H,31,34)(H,32,35). The third-order valence-corrected chi connectivity index (χ3v) is 6.34. The highest BCUT2D eigenvalue weighted by Gasteiger charge is 2.26. The molecule has 4 aromatic rings. The third kappa shape index (κ3) is 5.25. The molecule has 36 heavy (non-hydrogen) atoms. The molecule has 7 heteroatoms. The van der Waals surface area contributed by atoms with Gasteiger partial charge in [-0.15, -0.1) is 0 Å².